The van der Waals surface area contributed by atoms with Crippen LogP contribution in [0, 0.1) is 6.92 Å². The second-order valence-corrected chi connectivity index (χ2v) is 5.99. The number of nitrogens with one attached hydrogen (secondary N) is 2. The van der Waals surface area contributed by atoms with Crippen molar-refractivity contribution in [2.24, 2.45) is 7.05 Å². The van der Waals surface area contributed by atoms with Gasteiger partial charge < -0.3 is 10.3 Å². The van der Waals surface area contributed by atoms with E-state index in [4.69, 9.17) is 0 Å². The Hall–Kier alpha value is -2.99. The Morgan fingerprint density at radius 2 is 1.77 bits per heavy atom. The Balaban J connectivity index is 0.00000196. The maximum absolute atomic E-state index is 12.9. The Bertz CT molecular complexity index is 1060. The van der Waals surface area contributed by atoms with Crippen LogP contribution in [0.3, 0.4) is 0 Å². The summed E-state index contributed by atoms with van der Waals surface area (Å²) >= 11 is 0. The van der Waals surface area contributed by atoms with Gasteiger partial charge >= 0.3 is 0 Å². The molecule has 0 fully saturated rings. The molecule has 0 bridgehead atoms. The van der Waals surface area contributed by atoms with E-state index >= 15 is 0 Å². The molecular formula is C19H20ClN5O. The van der Waals surface area contributed by atoms with E-state index in [1.54, 1.807) is 4.68 Å². The number of rotatable bonds is 4. The average Bonchev–Trinajstić information content (AvgIpc) is 3.13. The number of anilines is 1. The van der Waals surface area contributed by atoms with E-state index in [-0.39, 0.29) is 18.0 Å². The molecule has 2 aromatic heterocycles. The maximum Gasteiger partial charge on any atom is 0.295 e. The van der Waals surface area contributed by atoms with Crippen LogP contribution in [0.1, 0.15) is 11.5 Å². The molecule has 2 N–H and O–H groups in total. The number of hydrogen-bond donors (Lipinski definition) is 2. The molecule has 2 heterocycles. The van der Waals surface area contributed by atoms with E-state index in [1.807, 2.05) is 73.3 Å². The van der Waals surface area contributed by atoms with Crippen molar-refractivity contribution in [3.8, 4) is 5.69 Å². The zero-order valence-corrected chi connectivity index (χ0v) is 15.4. The lowest BCUT2D eigenvalue weighted by atomic mass is 10.3. The summed E-state index contributed by atoms with van der Waals surface area (Å²) in [6, 6.07) is 17.5. The fraction of sp³-hybridized carbons (Fsp3) is 0.158. The van der Waals surface area contributed by atoms with Crippen LogP contribution in [0.5, 0.6) is 0 Å². The standard InChI is InChI=1S/C19H19N5O.ClH/c1-13-18(19(25)24(23(13)2)14-8-4-3-5-9-14)20-12-17-21-15-10-6-7-11-16(15)22-17;/h3-11,20H,12H2,1-2H3,(H,21,22);1H. The molecule has 2 aromatic carbocycles. The van der Waals surface area contributed by atoms with E-state index in [9.17, 15) is 4.79 Å². The molecule has 0 saturated heterocycles. The molecule has 0 unspecified atom stereocenters. The number of nitrogens with zero attached hydrogens (tertiary/aromatic N) is 3. The zero-order valence-electron chi connectivity index (χ0n) is 14.6. The first kappa shape index (κ1) is 17.8. The van der Waals surface area contributed by atoms with Crippen LogP contribution in [0.2, 0.25) is 0 Å². The molecule has 0 amide bonds. The van der Waals surface area contributed by atoms with Crippen LogP contribution in [0.4, 0.5) is 5.69 Å². The van der Waals surface area contributed by atoms with Crippen LogP contribution in [-0.4, -0.2) is 19.3 Å². The van der Waals surface area contributed by atoms with Gasteiger partial charge in [0.15, 0.2) is 0 Å². The lowest BCUT2D eigenvalue weighted by Gasteiger charge is -2.07. The Morgan fingerprint density at radius 3 is 2.50 bits per heavy atom. The SMILES string of the molecule is Cc1c(NCc2nc3ccccc3[nH]2)c(=O)n(-c2ccccc2)n1C.Cl. The molecule has 7 heteroatoms. The molecule has 26 heavy (non-hydrogen) atoms. The molecule has 0 spiro atoms. The molecule has 0 aliphatic carbocycles. The summed E-state index contributed by atoms with van der Waals surface area (Å²) in [7, 11) is 1.89. The molecular weight excluding hydrogens is 350 g/mol. The quantitative estimate of drug-likeness (QED) is 0.579. The number of imidazole rings is 1. The van der Waals surface area contributed by atoms with E-state index in [0.717, 1.165) is 28.2 Å². The highest BCUT2D eigenvalue weighted by Crippen LogP contribution is 2.15. The van der Waals surface area contributed by atoms with Crippen LogP contribution in [0.25, 0.3) is 16.7 Å². The van der Waals surface area contributed by atoms with Crippen molar-refractivity contribution in [3.05, 3.63) is 76.5 Å². The van der Waals surface area contributed by atoms with Crippen LogP contribution < -0.4 is 10.9 Å². The first-order chi connectivity index (χ1) is 12.1. The summed E-state index contributed by atoms with van der Waals surface area (Å²) in [5.41, 5.74) is 4.16. The molecule has 0 aliphatic heterocycles. The van der Waals surface area contributed by atoms with E-state index in [2.05, 4.69) is 15.3 Å². The van der Waals surface area contributed by atoms with Gasteiger partial charge in [-0.2, -0.15) is 0 Å². The molecule has 134 valence electrons. The van der Waals surface area contributed by atoms with Crippen molar-refractivity contribution in [1.29, 1.82) is 0 Å². The summed E-state index contributed by atoms with van der Waals surface area (Å²) in [6.07, 6.45) is 0. The highest BCUT2D eigenvalue weighted by molar-refractivity contribution is 5.85. The first-order valence-corrected chi connectivity index (χ1v) is 8.16. The van der Waals surface area contributed by atoms with Gasteiger partial charge in [-0.15, -0.1) is 12.4 Å². The lowest BCUT2D eigenvalue weighted by molar-refractivity contribution is 0.630. The number of para-hydroxylation sites is 3. The Morgan fingerprint density at radius 1 is 1.08 bits per heavy atom. The van der Waals surface area contributed by atoms with Crippen LogP contribution >= 0.6 is 12.4 Å². The second kappa shape index (κ2) is 7.09. The predicted molar refractivity (Wildman–Crippen MR) is 106 cm³/mol. The third kappa shape index (κ3) is 2.99. The molecule has 4 rings (SSSR count). The highest BCUT2D eigenvalue weighted by Gasteiger charge is 2.16. The van der Waals surface area contributed by atoms with Crippen LogP contribution in [-0.2, 0) is 13.6 Å². The number of hydrogen-bond acceptors (Lipinski definition) is 3. The van der Waals surface area contributed by atoms with Gasteiger partial charge in [0.05, 0.1) is 29.0 Å². The normalized spacial score (nSPS) is 10.7. The number of halogens is 1. The van der Waals surface area contributed by atoms with Crippen molar-refractivity contribution in [2.75, 3.05) is 5.32 Å². The lowest BCUT2D eigenvalue weighted by Crippen LogP contribution is -2.21. The van der Waals surface area contributed by atoms with Gasteiger partial charge in [0.2, 0.25) is 0 Å². The van der Waals surface area contributed by atoms with Gasteiger partial charge in [-0.05, 0) is 31.2 Å². The summed E-state index contributed by atoms with van der Waals surface area (Å²) in [6.45, 7) is 2.39. The van der Waals surface area contributed by atoms with E-state index in [1.165, 1.54) is 0 Å². The van der Waals surface area contributed by atoms with Gasteiger partial charge in [-0.25, -0.2) is 9.67 Å². The van der Waals surface area contributed by atoms with Gasteiger partial charge in [0.1, 0.15) is 11.5 Å². The Kier molecular flexibility index (Phi) is 4.86. The summed E-state index contributed by atoms with van der Waals surface area (Å²) in [4.78, 5) is 20.7. The monoisotopic (exact) mass is 369 g/mol. The third-order valence-electron chi connectivity index (χ3n) is 4.43. The highest BCUT2D eigenvalue weighted by atomic mass is 35.5. The molecule has 6 nitrogen and oxygen atoms in total. The molecule has 0 aliphatic rings. The van der Waals surface area contributed by atoms with Crippen LogP contribution in [0.15, 0.2) is 59.4 Å². The molecule has 0 atom stereocenters. The predicted octanol–water partition coefficient (Wildman–Crippen LogP) is 3.39. The minimum atomic E-state index is -0.0673. The minimum Gasteiger partial charge on any atom is -0.372 e. The van der Waals surface area contributed by atoms with Gasteiger partial charge in [-0.3, -0.25) is 9.48 Å². The number of benzene rings is 2. The molecule has 4 aromatic rings. The number of aromatic amines is 1. The number of aromatic nitrogens is 4. The summed E-state index contributed by atoms with van der Waals surface area (Å²) in [5.74, 6) is 0.801. The van der Waals surface area contributed by atoms with Crippen molar-refractivity contribution < 1.29 is 0 Å². The van der Waals surface area contributed by atoms with Crippen molar-refractivity contribution >= 4 is 29.1 Å². The van der Waals surface area contributed by atoms with E-state index in [0.29, 0.717) is 12.2 Å². The van der Waals surface area contributed by atoms with Gasteiger partial charge in [-0.1, -0.05) is 30.3 Å². The van der Waals surface area contributed by atoms with Crippen molar-refractivity contribution in [2.45, 2.75) is 13.5 Å². The number of H-pyrrole nitrogens is 1. The topological polar surface area (TPSA) is 67.6 Å². The van der Waals surface area contributed by atoms with Crippen molar-refractivity contribution in [3.63, 3.8) is 0 Å². The number of fused-ring (bicyclic) bond motifs is 1. The summed E-state index contributed by atoms with van der Waals surface area (Å²) in [5, 5.41) is 3.24. The average molecular weight is 370 g/mol. The zero-order chi connectivity index (χ0) is 17.4. The fourth-order valence-electron chi connectivity index (χ4n) is 3.03. The van der Waals surface area contributed by atoms with Crippen molar-refractivity contribution in [1.82, 2.24) is 19.3 Å². The second-order valence-electron chi connectivity index (χ2n) is 5.99. The van der Waals surface area contributed by atoms with E-state index < -0.39 is 0 Å². The molecule has 0 radical (unpaired) electrons. The third-order valence-corrected chi connectivity index (χ3v) is 4.43. The summed E-state index contributed by atoms with van der Waals surface area (Å²) < 4.78 is 3.52. The van der Waals surface area contributed by atoms with Gasteiger partial charge in [0.25, 0.3) is 5.56 Å². The molecule has 0 saturated carbocycles. The smallest absolute Gasteiger partial charge is 0.295 e. The Labute approximate surface area is 156 Å². The largest absolute Gasteiger partial charge is 0.372 e. The van der Waals surface area contributed by atoms with Gasteiger partial charge in [0, 0.05) is 7.05 Å². The first-order valence-electron chi connectivity index (χ1n) is 8.16. The minimum absolute atomic E-state index is 0. The fourth-order valence-corrected chi connectivity index (χ4v) is 3.03. The maximum atomic E-state index is 12.9.